The summed E-state index contributed by atoms with van der Waals surface area (Å²) in [5.74, 6) is -3.30. The number of benzene rings is 2. The molecule has 1 aliphatic heterocycles. The third-order valence-corrected chi connectivity index (χ3v) is 6.28. The van der Waals surface area contributed by atoms with Crippen molar-refractivity contribution in [2.75, 3.05) is 26.2 Å². The van der Waals surface area contributed by atoms with Crippen LogP contribution in [0.25, 0.3) is 0 Å². The van der Waals surface area contributed by atoms with E-state index >= 15 is 0 Å². The van der Waals surface area contributed by atoms with Crippen molar-refractivity contribution in [2.45, 2.75) is 11.5 Å². The molecule has 29 heavy (non-hydrogen) atoms. The summed E-state index contributed by atoms with van der Waals surface area (Å²) in [4.78, 5) is 13.6. The van der Waals surface area contributed by atoms with Crippen LogP contribution in [-0.4, -0.2) is 56.3 Å². The van der Waals surface area contributed by atoms with Crippen LogP contribution >= 0.6 is 0 Å². The van der Waals surface area contributed by atoms with Crippen LogP contribution in [-0.2, 0) is 10.0 Å². The third kappa shape index (κ3) is 4.51. The number of para-hydroxylation sites is 1. The number of carbonyl (C=O) groups is 1. The fourth-order valence-corrected chi connectivity index (χ4v) is 4.36. The van der Waals surface area contributed by atoms with Gasteiger partial charge in [0, 0.05) is 26.2 Å². The van der Waals surface area contributed by atoms with Gasteiger partial charge in [-0.2, -0.15) is 13.1 Å². The largest absolute Gasteiger partial charge is 0.434 e. The number of nitrogens with zero attached hydrogens (tertiary/aromatic N) is 2. The molecule has 0 unspecified atom stereocenters. The number of amides is 1. The molecular formula is C18H16F4N2O4S. The van der Waals surface area contributed by atoms with Gasteiger partial charge in [-0.25, -0.2) is 17.2 Å². The van der Waals surface area contributed by atoms with E-state index in [1.54, 1.807) is 0 Å². The molecule has 11 heteroatoms. The summed E-state index contributed by atoms with van der Waals surface area (Å²) in [6.07, 6.45) is 0. The van der Waals surface area contributed by atoms with Gasteiger partial charge >= 0.3 is 6.61 Å². The van der Waals surface area contributed by atoms with Gasteiger partial charge in [-0.1, -0.05) is 12.1 Å². The van der Waals surface area contributed by atoms with E-state index in [-0.39, 0.29) is 37.5 Å². The Hall–Kier alpha value is -2.66. The Morgan fingerprint density at radius 3 is 2.24 bits per heavy atom. The zero-order valence-electron chi connectivity index (χ0n) is 14.9. The number of piperazine rings is 1. The van der Waals surface area contributed by atoms with Gasteiger partial charge in [0.05, 0.1) is 10.5 Å². The Balaban J connectivity index is 1.72. The van der Waals surface area contributed by atoms with Crippen molar-refractivity contribution in [3.63, 3.8) is 0 Å². The number of carbonyl (C=O) groups excluding carboxylic acids is 1. The van der Waals surface area contributed by atoms with Crippen molar-refractivity contribution < 1.29 is 35.5 Å². The van der Waals surface area contributed by atoms with Gasteiger partial charge in [-0.05, 0) is 30.3 Å². The Bertz CT molecular complexity index is 1010. The van der Waals surface area contributed by atoms with E-state index < -0.39 is 39.1 Å². The number of rotatable bonds is 5. The molecule has 2 aromatic rings. The number of ether oxygens (including phenoxy) is 1. The van der Waals surface area contributed by atoms with E-state index in [4.69, 9.17) is 0 Å². The summed E-state index contributed by atoms with van der Waals surface area (Å²) in [7, 11) is -4.07. The molecule has 2 aromatic carbocycles. The second-order valence-corrected chi connectivity index (χ2v) is 8.08. The Morgan fingerprint density at radius 2 is 1.62 bits per heavy atom. The maximum absolute atomic E-state index is 13.4. The van der Waals surface area contributed by atoms with Gasteiger partial charge in [0.2, 0.25) is 10.0 Å². The van der Waals surface area contributed by atoms with Crippen LogP contribution in [0.2, 0.25) is 0 Å². The molecule has 0 bridgehead atoms. The van der Waals surface area contributed by atoms with Crippen LogP contribution in [0, 0.1) is 11.6 Å². The van der Waals surface area contributed by atoms with Crippen molar-refractivity contribution in [1.82, 2.24) is 9.21 Å². The molecule has 1 aliphatic rings. The summed E-state index contributed by atoms with van der Waals surface area (Å²) >= 11 is 0. The van der Waals surface area contributed by atoms with Gasteiger partial charge in [0.1, 0.15) is 5.75 Å². The van der Waals surface area contributed by atoms with Gasteiger partial charge in [-0.15, -0.1) is 0 Å². The summed E-state index contributed by atoms with van der Waals surface area (Å²) < 4.78 is 82.1. The molecule has 0 radical (unpaired) electrons. The Labute approximate surface area is 164 Å². The molecule has 0 aromatic heterocycles. The number of hydrogen-bond donors (Lipinski definition) is 0. The highest BCUT2D eigenvalue weighted by Gasteiger charge is 2.31. The van der Waals surface area contributed by atoms with Crippen molar-refractivity contribution in [3.8, 4) is 5.75 Å². The van der Waals surface area contributed by atoms with Crippen molar-refractivity contribution in [2.24, 2.45) is 0 Å². The minimum absolute atomic E-state index is 0.00917. The zero-order valence-corrected chi connectivity index (χ0v) is 15.7. The zero-order chi connectivity index (χ0) is 21.2. The maximum Gasteiger partial charge on any atom is 0.387 e. The first kappa shape index (κ1) is 21.1. The molecule has 1 saturated heterocycles. The highest BCUT2D eigenvalue weighted by molar-refractivity contribution is 7.89. The smallest absolute Gasteiger partial charge is 0.387 e. The second-order valence-electron chi connectivity index (χ2n) is 6.15. The molecule has 0 aliphatic carbocycles. The summed E-state index contributed by atoms with van der Waals surface area (Å²) in [5.41, 5.74) is -0.0651. The van der Waals surface area contributed by atoms with E-state index in [0.717, 1.165) is 16.4 Å². The highest BCUT2D eigenvalue weighted by Crippen LogP contribution is 2.24. The lowest BCUT2D eigenvalue weighted by atomic mass is 10.1. The molecule has 1 fully saturated rings. The van der Waals surface area contributed by atoms with Crippen LogP contribution in [0.1, 0.15) is 10.4 Å². The predicted molar refractivity (Wildman–Crippen MR) is 94.1 cm³/mol. The summed E-state index contributed by atoms with van der Waals surface area (Å²) in [5, 5.41) is 0. The number of hydrogen-bond acceptors (Lipinski definition) is 4. The van der Waals surface area contributed by atoms with Gasteiger partial charge in [0.15, 0.2) is 11.6 Å². The topological polar surface area (TPSA) is 66.9 Å². The van der Waals surface area contributed by atoms with Crippen molar-refractivity contribution in [1.29, 1.82) is 0 Å². The van der Waals surface area contributed by atoms with E-state index in [1.165, 1.54) is 29.2 Å². The number of alkyl halides is 2. The average molecular weight is 432 g/mol. The van der Waals surface area contributed by atoms with E-state index in [1.807, 2.05) is 0 Å². The van der Waals surface area contributed by atoms with E-state index in [9.17, 15) is 30.8 Å². The average Bonchev–Trinajstić information content (AvgIpc) is 2.69. The highest BCUT2D eigenvalue weighted by atomic mass is 32.2. The molecule has 1 amide bonds. The van der Waals surface area contributed by atoms with Crippen molar-refractivity contribution >= 4 is 15.9 Å². The molecule has 1 heterocycles. The van der Waals surface area contributed by atoms with Crippen molar-refractivity contribution in [3.05, 3.63) is 59.7 Å². The first-order chi connectivity index (χ1) is 13.7. The molecule has 0 spiro atoms. The van der Waals surface area contributed by atoms with Gasteiger partial charge < -0.3 is 9.64 Å². The van der Waals surface area contributed by atoms with E-state index in [2.05, 4.69) is 4.74 Å². The maximum atomic E-state index is 13.4. The molecule has 0 saturated carbocycles. The predicted octanol–water partition coefficient (Wildman–Crippen LogP) is 2.71. The number of sulfonamides is 1. The SMILES string of the molecule is O=C(c1ccccc1OC(F)F)N1CCN(S(=O)(=O)c2ccc(F)c(F)c2)CC1. The van der Waals surface area contributed by atoms with Crippen LogP contribution in [0.3, 0.4) is 0 Å². The standard InChI is InChI=1S/C18H16F4N2O4S/c19-14-6-5-12(11-15(14)20)29(26,27)24-9-7-23(8-10-24)17(25)13-3-1-2-4-16(13)28-18(21)22/h1-6,11,18H,7-10H2. The van der Waals surface area contributed by atoms with Crippen LogP contribution in [0.5, 0.6) is 5.75 Å². The molecule has 3 rings (SSSR count). The lowest BCUT2D eigenvalue weighted by molar-refractivity contribution is -0.0503. The summed E-state index contributed by atoms with van der Waals surface area (Å²) in [6.45, 7) is -3.30. The lowest BCUT2D eigenvalue weighted by Crippen LogP contribution is -2.50. The first-order valence-electron chi connectivity index (χ1n) is 8.48. The minimum atomic E-state index is -4.07. The normalized spacial score (nSPS) is 15.6. The van der Waals surface area contributed by atoms with Crippen LogP contribution in [0.15, 0.2) is 47.4 Å². The summed E-state index contributed by atoms with van der Waals surface area (Å²) in [6, 6.07) is 7.80. The molecular weight excluding hydrogens is 416 g/mol. The second kappa shape index (κ2) is 8.37. The van der Waals surface area contributed by atoms with Crippen LogP contribution < -0.4 is 4.74 Å². The number of halogens is 4. The molecule has 0 atom stereocenters. The van der Waals surface area contributed by atoms with E-state index in [0.29, 0.717) is 6.07 Å². The quantitative estimate of drug-likeness (QED) is 0.682. The van der Waals surface area contributed by atoms with Gasteiger partial charge in [0.25, 0.3) is 5.91 Å². The van der Waals surface area contributed by atoms with Crippen LogP contribution in [0.4, 0.5) is 17.6 Å². The third-order valence-electron chi connectivity index (χ3n) is 4.39. The molecule has 0 N–H and O–H groups in total. The first-order valence-corrected chi connectivity index (χ1v) is 9.92. The fraction of sp³-hybridized carbons (Fsp3) is 0.278. The fourth-order valence-electron chi connectivity index (χ4n) is 2.93. The Kier molecular flexibility index (Phi) is 6.08. The Morgan fingerprint density at radius 1 is 0.966 bits per heavy atom. The molecule has 6 nitrogen and oxygen atoms in total. The molecule has 156 valence electrons. The monoisotopic (exact) mass is 432 g/mol. The van der Waals surface area contributed by atoms with Gasteiger partial charge in [-0.3, -0.25) is 4.79 Å². The lowest BCUT2D eigenvalue weighted by Gasteiger charge is -2.34. The minimum Gasteiger partial charge on any atom is -0.434 e.